The summed E-state index contributed by atoms with van der Waals surface area (Å²) in [5.74, 6) is 0. The number of carbonyl (C=O) groups is 1. The minimum Gasteiger partial charge on any atom is -0.334 e. The molecule has 0 unspecified atom stereocenters. The molecule has 28 heavy (non-hydrogen) atoms. The first-order chi connectivity index (χ1) is 13.8. The highest BCUT2D eigenvalue weighted by molar-refractivity contribution is 7.14. The SMILES string of the molecule is O=C(NCc1ccc(Cn2ccnc2)cc1)Nc1nc(-c2ccccc2)cs1. The first kappa shape index (κ1) is 17.9. The Morgan fingerprint density at radius 1 is 1.04 bits per heavy atom. The summed E-state index contributed by atoms with van der Waals surface area (Å²) >= 11 is 1.41. The van der Waals surface area contributed by atoms with Crippen LogP contribution in [0.1, 0.15) is 11.1 Å². The van der Waals surface area contributed by atoms with Gasteiger partial charge < -0.3 is 9.88 Å². The molecule has 0 bridgehead atoms. The van der Waals surface area contributed by atoms with Gasteiger partial charge in [0.2, 0.25) is 0 Å². The van der Waals surface area contributed by atoms with Crippen LogP contribution >= 0.6 is 11.3 Å². The van der Waals surface area contributed by atoms with Crippen LogP contribution in [0.2, 0.25) is 0 Å². The van der Waals surface area contributed by atoms with Crippen LogP contribution in [-0.4, -0.2) is 20.6 Å². The topological polar surface area (TPSA) is 71.8 Å². The third kappa shape index (κ3) is 4.63. The first-order valence-corrected chi connectivity index (χ1v) is 9.73. The molecule has 2 amide bonds. The molecule has 2 aromatic heterocycles. The highest BCUT2D eigenvalue weighted by atomic mass is 32.1. The van der Waals surface area contributed by atoms with Crippen molar-refractivity contribution in [3.8, 4) is 11.3 Å². The van der Waals surface area contributed by atoms with E-state index < -0.39 is 0 Å². The second-order valence-corrected chi connectivity index (χ2v) is 7.12. The average Bonchev–Trinajstić information content (AvgIpc) is 3.40. The van der Waals surface area contributed by atoms with Crippen molar-refractivity contribution < 1.29 is 4.79 Å². The molecule has 0 fully saturated rings. The third-order valence-electron chi connectivity index (χ3n) is 4.19. The van der Waals surface area contributed by atoms with E-state index >= 15 is 0 Å². The Morgan fingerprint density at radius 2 is 1.82 bits per heavy atom. The number of thiazole rings is 1. The largest absolute Gasteiger partial charge is 0.334 e. The van der Waals surface area contributed by atoms with E-state index in [0.29, 0.717) is 11.7 Å². The first-order valence-electron chi connectivity index (χ1n) is 8.85. The summed E-state index contributed by atoms with van der Waals surface area (Å²) in [6.45, 7) is 1.23. The second kappa shape index (κ2) is 8.49. The lowest BCUT2D eigenvalue weighted by Gasteiger charge is -2.07. The molecule has 0 aliphatic rings. The Morgan fingerprint density at radius 3 is 2.57 bits per heavy atom. The lowest BCUT2D eigenvalue weighted by atomic mass is 10.1. The fourth-order valence-corrected chi connectivity index (χ4v) is 3.46. The van der Waals surface area contributed by atoms with Crippen molar-refractivity contribution in [2.24, 2.45) is 0 Å². The molecule has 2 heterocycles. The van der Waals surface area contributed by atoms with Crippen molar-refractivity contribution >= 4 is 22.5 Å². The normalized spacial score (nSPS) is 10.6. The van der Waals surface area contributed by atoms with Crippen molar-refractivity contribution in [3.05, 3.63) is 89.8 Å². The fourth-order valence-electron chi connectivity index (χ4n) is 2.75. The molecular weight excluding hydrogens is 370 g/mol. The Labute approximate surface area is 166 Å². The van der Waals surface area contributed by atoms with E-state index in [1.807, 2.05) is 58.6 Å². The summed E-state index contributed by atoms with van der Waals surface area (Å²) in [4.78, 5) is 20.6. The van der Waals surface area contributed by atoms with Crippen LogP contribution in [0.5, 0.6) is 0 Å². The molecule has 4 aromatic rings. The Bertz CT molecular complexity index is 1030. The van der Waals surface area contributed by atoms with E-state index in [0.717, 1.165) is 23.4 Å². The molecule has 7 heteroatoms. The maximum Gasteiger partial charge on any atom is 0.321 e. The molecule has 0 spiro atoms. The monoisotopic (exact) mass is 389 g/mol. The Kier molecular flexibility index (Phi) is 5.44. The molecule has 140 valence electrons. The summed E-state index contributed by atoms with van der Waals surface area (Å²) in [6, 6.07) is 17.8. The van der Waals surface area contributed by atoms with Crippen molar-refractivity contribution in [2.75, 3.05) is 5.32 Å². The van der Waals surface area contributed by atoms with Gasteiger partial charge in [-0.15, -0.1) is 11.3 Å². The number of amides is 2. The number of aromatic nitrogens is 3. The predicted molar refractivity (Wildman–Crippen MR) is 111 cm³/mol. The summed E-state index contributed by atoms with van der Waals surface area (Å²) in [5.41, 5.74) is 4.11. The van der Waals surface area contributed by atoms with Gasteiger partial charge in [-0.2, -0.15) is 0 Å². The van der Waals surface area contributed by atoms with Crippen LogP contribution in [0.15, 0.2) is 78.7 Å². The van der Waals surface area contributed by atoms with Gasteiger partial charge in [-0.05, 0) is 11.1 Å². The van der Waals surface area contributed by atoms with E-state index in [-0.39, 0.29) is 6.03 Å². The summed E-state index contributed by atoms with van der Waals surface area (Å²) in [7, 11) is 0. The summed E-state index contributed by atoms with van der Waals surface area (Å²) < 4.78 is 2.01. The van der Waals surface area contributed by atoms with E-state index in [1.54, 1.807) is 12.5 Å². The molecule has 6 nitrogen and oxygen atoms in total. The van der Waals surface area contributed by atoms with Gasteiger partial charge in [0.1, 0.15) is 0 Å². The van der Waals surface area contributed by atoms with Crippen LogP contribution in [0.25, 0.3) is 11.3 Å². The molecule has 0 aliphatic carbocycles. The standard InChI is InChI=1S/C21H19N5OS/c27-20(25-21-24-19(14-28-21)18-4-2-1-3-5-18)23-12-16-6-8-17(9-7-16)13-26-11-10-22-15-26/h1-11,14-15H,12-13H2,(H2,23,24,25,27). The van der Waals surface area contributed by atoms with E-state index in [2.05, 4.69) is 32.7 Å². The van der Waals surface area contributed by atoms with E-state index in [1.165, 1.54) is 16.9 Å². The maximum absolute atomic E-state index is 12.1. The molecule has 0 atom stereocenters. The van der Waals surface area contributed by atoms with Crippen molar-refractivity contribution in [1.29, 1.82) is 0 Å². The molecule has 2 aromatic carbocycles. The number of urea groups is 1. The Hall–Kier alpha value is -3.45. The zero-order valence-electron chi connectivity index (χ0n) is 15.1. The molecule has 0 saturated carbocycles. The van der Waals surface area contributed by atoms with Gasteiger partial charge in [0.15, 0.2) is 5.13 Å². The fraction of sp³-hybridized carbons (Fsp3) is 0.0952. The molecule has 0 saturated heterocycles. The summed E-state index contributed by atoms with van der Waals surface area (Å²) in [5, 5.41) is 8.16. The Balaban J connectivity index is 1.28. The van der Waals surface area contributed by atoms with Crippen molar-refractivity contribution in [2.45, 2.75) is 13.1 Å². The number of nitrogens with one attached hydrogen (secondary N) is 2. The number of anilines is 1. The number of benzene rings is 2. The van der Waals surface area contributed by atoms with E-state index in [9.17, 15) is 4.79 Å². The van der Waals surface area contributed by atoms with Gasteiger partial charge in [-0.25, -0.2) is 14.8 Å². The smallest absolute Gasteiger partial charge is 0.321 e. The molecule has 4 rings (SSSR count). The van der Waals surface area contributed by atoms with Gasteiger partial charge in [-0.1, -0.05) is 54.6 Å². The second-order valence-electron chi connectivity index (χ2n) is 6.26. The molecule has 2 N–H and O–H groups in total. The number of nitrogens with zero attached hydrogens (tertiary/aromatic N) is 3. The van der Waals surface area contributed by atoms with Gasteiger partial charge in [0.25, 0.3) is 0 Å². The zero-order valence-corrected chi connectivity index (χ0v) is 15.9. The predicted octanol–water partition coefficient (Wildman–Crippen LogP) is 4.38. The lowest BCUT2D eigenvalue weighted by molar-refractivity contribution is 0.251. The van der Waals surface area contributed by atoms with Crippen molar-refractivity contribution in [3.63, 3.8) is 0 Å². The molecular formula is C21H19N5OS. The number of imidazole rings is 1. The summed E-state index contributed by atoms with van der Waals surface area (Å²) in [6.07, 6.45) is 5.49. The van der Waals surface area contributed by atoms with Gasteiger partial charge in [0.05, 0.1) is 12.0 Å². The quantitative estimate of drug-likeness (QED) is 0.514. The average molecular weight is 389 g/mol. The minimum absolute atomic E-state index is 0.267. The lowest BCUT2D eigenvalue weighted by Crippen LogP contribution is -2.28. The maximum atomic E-state index is 12.1. The van der Waals surface area contributed by atoms with Gasteiger partial charge in [0, 0.05) is 36.4 Å². The van der Waals surface area contributed by atoms with E-state index in [4.69, 9.17) is 0 Å². The van der Waals surface area contributed by atoms with Gasteiger partial charge in [-0.3, -0.25) is 5.32 Å². The van der Waals surface area contributed by atoms with Crippen LogP contribution in [0, 0.1) is 0 Å². The molecule has 0 radical (unpaired) electrons. The minimum atomic E-state index is -0.267. The van der Waals surface area contributed by atoms with Crippen LogP contribution in [0.4, 0.5) is 9.93 Å². The van der Waals surface area contributed by atoms with Crippen LogP contribution in [-0.2, 0) is 13.1 Å². The third-order valence-corrected chi connectivity index (χ3v) is 4.95. The highest BCUT2D eigenvalue weighted by Crippen LogP contribution is 2.24. The number of carbonyl (C=O) groups excluding carboxylic acids is 1. The number of hydrogen-bond acceptors (Lipinski definition) is 4. The van der Waals surface area contributed by atoms with Crippen molar-refractivity contribution in [1.82, 2.24) is 19.9 Å². The molecule has 0 aliphatic heterocycles. The number of hydrogen-bond donors (Lipinski definition) is 2. The highest BCUT2D eigenvalue weighted by Gasteiger charge is 2.07. The van der Waals surface area contributed by atoms with Crippen LogP contribution in [0.3, 0.4) is 0 Å². The number of rotatable bonds is 6. The van der Waals surface area contributed by atoms with Crippen LogP contribution < -0.4 is 10.6 Å². The van der Waals surface area contributed by atoms with Gasteiger partial charge >= 0.3 is 6.03 Å². The zero-order chi connectivity index (χ0) is 19.2.